The molecule has 0 aliphatic carbocycles. The molecule has 0 spiro atoms. The molecule has 0 fully saturated rings. The molecule has 0 unspecified atom stereocenters. The number of thiophene rings is 1. The van der Waals surface area contributed by atoms with E-state index in [2.05, 4.69) is 15.2 Å². The van der Waals surface area contributed by atoms with E-state index in [1.54, 1.807) is 30.6 Å². The molecule has 4 rings (SSSR count). The van der Waals surface area contributed by atoms with Crippen molar-refractivity contribution in [1.82, 2.24) is 15.2 Å². The van der Waals surface area contributed by atoms with Crippen LogP contribution < -0.4 is 4.31 Å². The van der Waals surface area contributed by atoms with Crippen LogP contribution in [0, 0.1) is 0 Å². The van der Waals surface area contributed by atoms with E-state index < -0.39 is 10.0 Å². The minimum Gasteiger partial charge on any atom is -0.389 e. The second-order valence-electron chi connectivity index (χ2n) is 5.49. The highest BCUT2D eigenvalue weighted by atomic mass is 32.2. The SMILES string of the molecule is CN(c1cccc2cc(-c3nnc(CO)s3)[nH]c12)S(=O)(=O)c1cccs1. The Labute approximate surface area is 157 Å². The third-order valence-corrected chi connectivity index (χ3v) is 8.00. The van der Waals surface area contributed by atoms with Gasteiger partial charge in [0.2, 0.25) is 0 Å². The van der Waals surface area contributed by atoms with Crippen molar-refractivity contribution in [2.24, 2.45) is 0 Å². The highest BCUT2D eigenvalue weighted by Crippen LogP contribution is 2.34. The summed E-state index contributed by atoms with van der Waals surface area (Å²) in [7, 11) is -2.08. The van der Waals surface area contributed by atoms with Crippen LogP contribution in [0.15, 0.2) is 46.0 Å². The molecular weight excluding hydrogens is 392 g/mol. The van der Waals surface area contributed by atoms with Crippen molar-refractivity contribution < 1.29 is 13.5 Å². The summed E-state index contributed by atoms with van der Waals surface area (Å²) in [5, 5.41) is 20.9. The molecule has 0 aliphatic heterocycles. The molecule has 0 amide bonds. The zero-order valence-corrected chi connectivity index (χ0v) is 16.0. The van der Waals surface area contributed by atoms with Gasteiger partial charge in [0.15, 0.2) is 5.01 Å². The summed E-state index contributed by atoms with van der Waals surface area (Å²) >= 11 is 2.47. The van der Waals surface area contributed by atoms with E-state index in [9.17, 15) is 8.42 Å². The van der Waals surface area contributed by atoms with Gasteiger partial charge in [-0.25, -0.2) is 8.42 Å². The van der Waals surface area contributed by atoms with E-state index in [1.807, 2.05) is 18.2 Å². The lowest BCUT2D eigenvalue weighted by Gasteiger charge is -2.19. The number of hydrogen-bond donors (Lipinski definition) is 2. The standard InChI is InChI=1S/C16H14N4O3S3/c1-20(26(22,23)14-6-3-7-24-14)12-5-2-4-10-8-11(17-15(10)12)16-19-18-13(9-21)25-16/h2-8,17,21H,9H2,1H3. The number of aliphatic hydroxyl groups is 1. The van der Waals surface area contributed by atoms with E-state index in [1.165, 1.54) is 27.0 Å². The summed E-state index contributed by atoms with van der Waals surface area (Å²) < 4.78 is 27.2. The summed E-state index contributed by atoms with van der Waals surface area (Å²) in [5.74, 6) is 0. The van der Waals surface area contributed by atoms with Gasteiger partial charge in [-0.05, 0) is 23.6 Å². The number of hydrogen-bond acceptors (Lipinski definition) is 7. The number of nitrogens with zero attached hydrogens (tertiary/aromatic N) is 3. The van der Waals surface area contributed by atoms with E-state index in [-0.39, 0.29) is 6.61 Å². The predicted octanol–water partition coefficient (Wildman–Crippen LogP) is 3.07. The minimum atomic E-state index is -3.62. The first-order chi connectivity index (χ1) is 12.5. The van der Waals surface area contributed by atoms with Crippen LogP contribution in [-0.4, -0.2) is 35.8 Å². The molecule has 0 saturated carbocycles. The van der Waals surface area contributed by atoms with E-state index >= 15 is 0 Å². The summed E-state index contributed by atoms with van der Waals surface area (Å²) in [6.07, 6.45) is 0. The summed E-state index contributed by atoms with van der Waals surface area (Å²) in [5.41, 5.74) is 1.98. The third kappa shape index (κ3) is 2.80. The molecule has 3 heterocycles. The van der Waals surface area contributed by atoms with Crippen LogP contribution in [0.3, 0.4) is 0 Å². The number of rotatable bonds is 5. The Balaban J connectivity index is 1.81. The Bertz CT molecular complexity index is 1160. The fourth-order valence-electron chi connectivity index (χ4n) is 2.62. The van der Waals surface area contributed by atoms with Crippen LogP contribution in [0.25, 0.3) is 21.6 Å². The van der Waals surface area contributed by atoms with Crippen LogP contribution in [0.2, 0.25) is 0 Å². The maximum atomic E-state index is 12.8. The molecule has 0 atom stereocenters. The number of sulfonamides is 1. The maximum absolute atomic E-state index is 12.8. The molecule has 2 N–H and O–H groups in total. The molecule has 0 radical (unpaired) electrons. The molecular formula is C16H14N4O3S3. The Morgan fingerprint density at radius 3 is 2.77 bits per heavy atom. The number of aromatic amines is 1. The number of H-pyrrole nitrogens is 1. The van der Waals surface area contributed by atoms with Crippen molar-refractivity contribution in [1.29, 1.82) is 0 Å². The molecule has 26 heavy (non-hydrogen) atoms. The van der Waals surface area contributed by atoms with Crippen LogP contribution in [0.5, 0.6) is 0 Å². The zero-order chi connectivity index (χ0) is 18.3. The average molecular weight is 407 g/mol. The number of anilines is 1. The van der Waals surface area contributed by atoms with Gasteiger partial charge in [0.1, 0.15) is 9.22 Å². The molecule has 0 saturated heterocycles. The lowest BCUT2D eigenvalue weighted by Crippen LogP contribution is -2.26. The van der Waals surface area contributed by atoms with Gasteiger partial charge in [-0.15, -0.1) is 21.5 Å². The van der Waals surface area contributed by atoms with Gasteiger partial charge < -0.3 is 10.1 Å². The largest absolute Gasteiger partial charge is 0.389 e. The van der Waals surface area contributed by atoms with Crippen molar-refractivity contribution in [3.8, 4) is 10.7 Å². The molecule has 4 aromatic rings. The topological polar surface area (TPSA) is 99.2 Å². The first-order valence-electron chi connectivity index (χ1n) is 7.58. The molecule has 1 aromatic carbocycles. The summed E-state index contributed by atoms with van der Waals surface area (Å²) in [4.78, 5) is 3.24. The fraction of sp³-hybridized carbons (Fsp3) is 0.125. The van der Waals surface area contributed by atoms with Crippen molar-refractivity contribution in [2.75, 3.05) is 11.4 Å². The lowest BCUT2D eigenvalue weighted by atomic mass is 10.2. The normalized spacial score (nSPS) is 11.9. The van der Waals surface area contributed by atoms with Gasteiger partial charge in [-0.3, -0.25) is 4.31 Å². The Morgan fingerprint density at radius 2 is 2.08 bits per heavy atom. The smallest absolute Gasteiger partial charge is 0.273 e. The van der Waals surface area contributed by atoms with Crippen LogP contribution in [0.4, 0.5) is 5.69 Å². The van der Waals surface area contributed by atoms with Gasteiger partial charge >= 0.3 is 0 Å². The highest BCUT2D eigenvalue weighted by Gasteiger charge is 2.24. The van der Waals surface area contributed by atoms with Crippen molar-refractivity contribution in [3.63, 3.8) is 0 Å². The number of nitrogens with one attached hydrogen (secondary N) is 1. The second kappa shape index (κ2) is 6.47. The summed E-state index contributed by atoms with van der Waals surface area (Å²) in [6.45, 7) is -0.162. The Kier molecular flexibility index (Phi) is 4.27. The van der Waals surface area contributed by atoms with E-state index in [4.69, 9.17) is 5.11 Å². The first-order valence-corrected chi connectivity index (χ1v) is 10.7. The Hall–Kier alpha value is -2.27. The monoisotopic (exact) mass is 406 g/mol. The summed E-state index contributed by atoms with van der Waals surface area (Å²) in [6, 6.07) is 10.7. The molecule has 7 nitrogen and oxygen atoms in total. The number of aliphatic hydroxyl groups excluding tert-OH is 1. The third-order valence-electron chi connectivity index (χ3n) is 3.92. The molecule has 134 valence electrons. The average Bonchev–Trinajstić information content (AvgIpc) is 3.39. The number of benzene rings is 1. The molecule has 0 aliphatic rings. The van der Waals surface area contributed by atoms with Gasteiger partial charge in [0.05, 0.1) is 23.5 Å². The van der Waals surface area contributed by atoms with E-state index in [0.29, 0.717) is 25.4 Å². The van der Waals surface area contributed by atoms with Gasteiger partial charge in [-0.1, -0.05) is 29.5 Å². The van der Waals surface area contributed by atoms with Crippen molar-refractivity contribution >= 4 is 49.3 Å². The van der Waals surface area contributed by atoms with Gasteiger partial charge in [0.25, 0.3) is 10.0 Å². The van der Waals surface area contributed by atoms with Gasteiger partial charge in [-0.2, -0.15) is 0 Å². The van der Waals surface area contributed by atoms with E-state index in [0.717, 1.165) is 11.1 Å². The van der Waals surface area contributed by atoms with Crippen LogP contribution in [0.1, 0.15) is 5.01 Å². The minimum absolute atomic E-state index is 0.162. The van der Waals surface area contributed by atoms with Crippen LogP contribution in [-0.2, 0) is 16.6 Å². The predicted molar refractivity (Wildman–Crippen MR) is 103 cm³/mol. The molecule has 0 bridgehead atoms. The number of fused-ring (bicyclic) bond motifs is 1. The second-order valence-corrected chi connectivity index (χ2v) is 9.69. The molecule has 3 aromatic heterocycles. The number of para-hydroxylation sites is 1. The first kappa shape index (κ1) is 17.2. The quantitative estimate of drug-likeness (QED) is 0.531. The highest BCUT2D eigenvalue weighted by molar-refractivity contribution is 7.94. The fourth-order valence-corrected chi connectivity index (χ4v) is 5.66. The van der Waals surface area contributed by atoms with Gasteiger partial charge in [0, 0.05) is 12.4 Å². The molecule has 10 heteroatoms. The van der Waals surface area contributed by atoms with Crippen molar-refractivity contribution in [3.05, 3.63) is 46.8 Å². The zero-order valence-electron chi connectivity index (χ0n) is 13.6. The van der Waals surface area contributed by atoms with Crippen LogP contribution >= 0.6 is 22.7 Å². The van der Waals surface area contributed by atoms with Crippen molar-refractivity contribution in [2.45, 2.75) is 10.8 Å². The Morgan fingerprint density at radius 1 is 1.23 bits per heavy atom. The lowest BCUT2D eigenvalue weighted by molar-refractivity contribution is 0.280. The number of aromatic nitrogens is 3. The maximum Gasteiger partial charge on any atom is 0.273 e.